The Morgan fingerprint density at radius 2 is 1.75 bits per heavy atom. The summed E-state index contributed by atoms with van der Waals surface area (Å²) in [5, 5.41) is 0. The maximum atomic E-state index is 6.46. The highest BCUT2D eigenvalue weighted by Gasteiger charge is 2.50. The van der Waals surface area contributed by atoms with E-state index < -0.39 is 0 Å². The molecule has 0 saturated heterocycles. The highest BCUT2D eigenvalue weighted by Crippen LogP contribution is 2.61. The number of hydrogen-bond donors (Lipinski definition) is 1. The molecular formula is C17H25N3. The van der Waals surface area contributed by atoms with Crippen LogP contribution in [0.5, 0.6) is 0 Å². The topological polar surface area (TPSA) is 51.8 Å². The van der Waals surface area contributed by atoms with E-state index in [2.05, 4.69) is 9.97 Å². The summed E-state index contributed by atoms with van der Waals surface area (Å²) in [6, 6.07) is 0.253. The molecule has 108 valence electrons. The lowest BCUT2D eigenvalue weighted by Gasteiger charge is -2.57. The molecule has 0 amide bonds. The third kappa shape index (κ3) is 2.37. The smallest absolute Gasteiger partial charge is 0.0602 e. The van der Waals surface area contributed by atoms with Gasteiger partial charge >= 0.3 is 0 Å². The van der Waals surface area contributed by atoms with Gasteiger partial charge in [0.25, 0.3) is 0 Å². The zero-order chi connectivity index (χ0) is 13.6. The van der Waals surface area contributed by atoms with Crippen LogP contribution in [-0.2, 0) is 6.42 Å². The summed E-state index contributed by atoms with van der Waals surface area (Å²) in [5.41, 5.74) is 8.09. The molecule has 1 atom stereocenters. The van der Waals surface area contributed by atoms with E-state index in [1.165, 1.54) is 44.9 Å². The van der Waals surface area contributed by atoms with Crippen molar-refractivity contribution in [2.75, 3.05) is 0 Å². The van der Waals surface area contributed by atoms with Crippen molar-refractivity contribution in [1.82, 2.24) is 9.97 Å². The Balaban J connectivity index is 1.43. The van der Waals surface area contributed by atoms with Crippen LogP contribution in [-0.4, -0.2) is 16.0 Å². The van der Waals surface area contributed by atoms with E-state index in [0.717, 1.165) is 29.9 Å². The van der Waals surface area contributed by atoms with E-state index in [4.69, 9.17) is 5.73 Å². The average Bonchev–Trinajstić information content (AvgIpc) is 2.37. The van der Waals surface area contributed by atoms with Crippen LogP contribution in [0.2, 0.25) is 0 Å². The Hall–Kier alpha value is -0.960. The van der Waals surface area contributed by atoms with Crippen LogP contribution >= 0.6 is 0 Å². The molecule has 0 spiro atoms. The number of nitrogens with two attached hydrogens (primary N) is 1. The number of aromatic nitrogens is 2. The highest BCUT2D eigenvalue weighted by molar-refractivity contribution is 5.04. The van der Waals surface area contributed by atoms with Gasteiger partial charge in [-0.25, -0.2) is 0 Å². The normalized spacial score (nSPS) is 40.0. The molecule has 3 heteroatoms. The van der Waals surface area contributed by atoms with Crippen LogP contribution < -0.4 is 5.73 Å². The minimum Gasteiger partial charge on any atom is -0.327 e. The third-order valence-electron chi connectivity index (χ3n) is 5.95. The van der Waals surface area contributed by atoms with E-state index in [1.54, 1.807) is 12.4 Å². The molecule has 4 fully saturated rings. The molecule has 4 aliphatic carbocycles. The maximum Gasteiger partial charge on any atom is 0.0602 e. The standard InChI is InChI=1S/C17H25N3/c18-15(6-16-11-19-1-2-20-16)10-17-7-12-3-13(8-17)5-14(4-12)9-17/h1-2,11-15H,3-10,18H2. The fourth-order valence-electron chi connectivity index (χ4n) is 5.87. The first-order valence-corrected chi connectivity index (χ1v) is 8.21. The van der Waals surface area contributed by atoms with Crippen molar-refractivity contribution in [3.63, 3.8) is 0 Å². The molecule has 4 bridgehead atoms. The van der Waals surface area contributed by atoms with Gasteiger partial charge < -0.3 is 5.73 Å². The van der Waals surface area contributed by atoms with Gasteiger partial charge in [0, 0.05) is 31.1 Å². The Morgan fingerprint density at radius 3 is 2.30 bits per heavy atom. The van der Waals surface area contributed by atoms with Gasteiger partial charge in [-0.05, 0) is 68.1 Å². The lowest BCUT2D eigenvalue weighted by molar-refractivity contribution is -0.0603. The predicted octanol–water partition coefficient (Wildman–Crippen LogP) is 2.95. The van der Waals surface area contributed by atoms with Crippen LogP contribution in [0.15, 0.2) is 18.6 Å². The molecule has 1 unspecified atom stereocenters. The van der Waals surface area contributed by atoms with Crippen molar-refractivity contribution in [3.8, 4) is 0 Å². The molecule has 1 aromatic rings. The fraction of sp³-hybridized carbons (Fsp3) is 0.765. The number of hydrogen-bond acceptors (Lipinski definition) is 3. The molecule has 1 aromatic heterocycles. The molecule has 4 saturated carbocycles. The average molecular weight is 271 g/mol. The molecule has 20 heavy (non-hydrogen) atoms. The molecule has 0 radical (unpaired) electrons. The molecule has 4 aliphatic rings. The second-order valence-electron chi connectivity index (χ2n) is 7.78. The zero-order valence-electron chi connectivity index (χ0n) is 12.2. The van der Waals surface area contributed by atoms with Crippen LogP contribution in [0.4, 0.5) is 0 Å². The van der Waals surface area contributed by atoms with Gasteiger partial charge in [-0.1, -0.05) is 0 Å². The first kappa shape index (κ1) is 12.8. The molecule has 3 nitrogen and oxygen atoms in total. The van der Waals surface area contributed by atoms with Crippen LogP contribution in [0.1, 0.15) is 50.6 Å². The van der Waals surface area contributed by atoms with Crippen LogP contribution in [0.25, 0.3) is 0 Å². The van der Waals surface area contributed by atoms with Crippen molar-refractivity contribution in [2.45, 2.75) is 57.4 Å². The minimum absolute atomic E-state index is 0.253. The van der Waals surface area contributed by atoms with Crippen molar-refractivity contribution in [3.05, 3.63) is 24.3 Å². The van der Waals surface area contributed by atoms with E-state index in [9.17, 15) is 0 Å². The van der Waals surface area contributed by atoms with Gasteiger partial charge in [0.05, 0.1) is 5.69 Å². The van der Waals surface area contributed by atoms with Crippen LogP contribution in [0.3, 0.4) is 0 Å². The van der Waals surface area contributed by atoms with E-state index in [0.29, 0.717) is 5.41 Å². The second kappa shape index (κ2) is 4.80. The fourth-order valence-corrected chi connectivity index (χ4v) is 5.87. The lowest BCUT2D eigenvalue weighted by Crippen LogP contribution is -2.48. The monoisotopic (exact) mass is 271 g/mol. The lowest BCUT2D eigenvalue weighted by atomic mass is 9.48. The van der Waals surface area contributed by atoms with Crippen molar-refractivity contribution < 1.29 is 0 Å². The molecule has 1 heterocycles. The molecule has 5 rings (SSSR count). The SMILES string of the molecule is NC(Cc1cnccn1)CC12CC3CC(CC(C3)C1)C2. The first-order chi connectivity index (χ1) is 9.71. The van der Waals surface area contributed by atoms with E-state index >= 15 is 0 Å². The van der Waals surface area contributed by atoms with E-state index in [1.807, 2.05) is 6.20 Å². The van der Waals surface area contributed by atoms with Crippen LogP contribution in [0, 0.1) is 23.2 Å². The molecular weight excluding hydrogens is 246 g/mol. The quantitative estimate of drug-likeness (QED) is 0.916. The summed E-state index contributed by atoms with van der Waals surface area (Å²) in [5.74, 6) is 3.06. The van der Waals surface area contributed by atoms with E-state index in [-0.39, 0.29) is 6.04 Å². The number of rotatable bonds is 4. The first-order valence-electron chi connectivity index (χ1n) is 8.21. The van der Waals surface area contributed by atoms with Crippen molar-refractivity contribution >= 4 is 0 Å². The molecule has 0 aromatic carbocycles. The summed E-state index contributed by atoms with van der Waals surface area (Å²) >= 11 is 0. The maximum absolute atomic E-state index is 6.46. The van der Waals surface area contributed by atoms with Gasteiger partial charge in [-0.3, -0.25) is 9.97 Å². The zero-order valence-corrected chi connectivity index (χ0v) is 12.2. The van der Waals surface area contributed by atoms with Gasteiger partial charge in [0.2, 0.25) is 0 Å². The molecule has 0 aliphatic heterocycles. The summed E-state index contributed by atoms with van der Waals surface area (Å²) in [6.45, 7) is 0. The predicted molar refractivity (Wildman–Crippen MR) is 78.9 cm³/mol. The Labute approximate surface area is 121 Å². The van der Waals surface area contributed by atoms with Gasteiger partial charge in [-0.15, -0.1) is 0 Å². The summed E-state index contributed by atoms with van der Waals surface area (Å²) < 4.78 is 0. The van der Waals surface area contributed by atoms with Crippen molar-refractivity contribution in [1.29, 1.82) is 0 Å². The van der Waals surface area contributed by atoms with Crippen molar-refractivity contribution in [2.24, 2.45) is 28.9 Å². The summed E-state index contributed by atoms with van der Waals surface area (Å²) in [7, 11) is 0. The third-order valence-corrected chi connectivity index (χ3v) is 5.95. The van der Waals surface area contributed by atoms with Gasteiger partial charge in [-0.2, -0.15) is 0 Å². The minimum atomic E-state index is 0.253. The summed E-state index contributed by atoms with van der Waals surface area (Å²) in [4.78, 5) is 8.52. The Morgan fingerprint density at radius 1 is 1.10 bits per heavy atom. The Bertz CT molecular complexity index is 435. The van der Waals surface area contributed by atoms with Gasteiger partial charge in [0.15, 0.2) is 0 Å². The second-order valence-corrected chi connectivity index (χ2v) is 7.78. The largest absolute Gasteiger partial charge is 0.327 e. The Kier molecular flexibility index (Phi) is 3.06. The highest BCUT2D eigenvalue weighted by atomic mass is 14.8. The summed E-state index contributed by atoms with van der Waals surface area (Å²) in [6.07, 6.45) is 16.3. The van der Waals surface area contributed by atoms with Gasteiger partial charge in [0.1, 0.15) is 0 Å². The number of nitrogens with zero attached hydrogens (tertiary/aromatic N) is 2. The molecule has 2 N–H and O–H groups in total.